The van der Waals surface area contributed by atoms with Crippen LogP contribution in [0, 0.1) is 5.41 Å². The largest absolute Gasteiger partial charge is 0.481 e. The molecule has 120 valence electrons. The Hall–Kier alpha value is -1.51. The van der Waals surface area contributed by atoms with Crippen LogP contribution in [0.15, 0.2) is 0 Å². The lowest BCUT2D eigenvalue weighted by Crippen LogP contribution is -2.54. The Morgan fingerprint density at radius 3 is 2.48 bits per heavy atom. The van der Waals surface area contributed by atoms with Crippen molar-refractivity contribution in [3.8, 4) is 0 Å². The summed E-state index contributed by atoms with van der Waals surface area (Å²) in [5, 5.41) is 8.97. The first-order valence-corrected chi connectivity index (χ1v) is 6.62. The molecule has 9 heteroatoms. The zero-order valence-electron chi connectivity index (χ0n) is 11.5. The number of carbonyl (C=O) groups is 2. The molecule has 6 nitrogen and oxygen atoms in total. The molecule has 2 aliphatic rings. The molecule has 0 aromatic rings. The monoisotopic (exact) mass is 310 g/mol. The third-order valence-corrected chi connectivity index (χ3v) is 4.11. The smallest absolute Gasteiger partial charge is 0.406 e. The van der Waals surface area contributed by atoms with E-state index in [1.54, 1.807) is 6.92 Å². The van der Waals surface area contributed by atoms with Crippen LogP contribution >= 0.6 is 0 Å². The Balaban J connectivity index is 2.14. The normalized spacial score (nSPS) is 30.6. The number of amides is 2. The van der Waals surface area contributed by atoms with Gasteiger partial charge in [0.2, 0.25) is 0 Å². The first kappa shape index (κ1) is 15.9. The second kappa shape index (κ2) is 5.36. The van der Waals surface area contributed by atoms with Crippen LogP contribution in [0.1, 0.15) is 13.3 Å². The fraction of sp³-hybridized carbons (Fsp3) is 0.833. The third-order valence-electron chi connectivity index (χ3n) is 4.11. The summed E-state index contributed by atoms with van der Waals surface area (Å²) in [5.41, 5.74) is -2.86. The lowest BCUT2D eigenvalue weighted by Gasteiger charge is -2.36. The highest BCUT2D eigenvalue weighted by molar-refractivity contribution is 5.80. The Kier molecular flexibility index (Phi) is 4.05. The molecule has 21 heavy (non-hydrogen) atoms. The van der Waals surface area contributed by atoms with Crippen LogP contribution in [0.3, 0.4) is 0 Å². The van der Waals surface area contributed by atoms with Crippen molar-refractivity contribution in [2.45, 2.75) is 25.6 Å². The lowest BCUT2D eigenvalue weighted by atomic mass is 9.86. The van der Waals surface area contributed by atoms with Gasteiger partial charge in [0.15, 0.2) is 5.41 Å². The van der Waals surface area contributed by atoms with Crippen LogP contribution in [0.25, 0.3) is 0 Å². The summed E-state index contributed by atoms with van der Waals surface area (Å²) in [4.78, 5) is 25.8. The van der Waals surface area contributed by atoms with Crippen molar-refractivity contribution in [2.75, 3.05) is 32.8 Å². The molecule has 2 fully saturated rings. The number of carbonyl (C=O) groups excluding carboxylic acids is 1. The van der Waals surface area contributed by atoms with Gasteiger partial charge in [-0.05, 0) is 13.3 Å². The van der Waals surface area contributed by atoms with Crippen LogP contribution in [0.2, 0.25) is 0 Å². The van der Waals surface area contributed by atoms with Gasteiger partial charge in [0, 0.05) is 19.6 Å². The average Bonchev–Trinajstić information content (AvgIpc) is 2.84. The van der Waals surface area contributed by atoms with Crippen LogP contribution in [-0.4, -0.2) is 72.0 Å². The molecule has 2 rings (SSSR count). The fourth-order valence-corrected chi connectivity index (χ4v) is 2.69. The molecule has 0 radical (unpaired) electrons. The molecule has 2 unspecified atom stereocenters. The predicted molar refractivity (Wildman–Crippen MR) is 64.7 cm³/mol. The SMILES string of the molecule is CC1COCCN1C(=O)N1CCC(C(=O)O)(C(F)(F)F)C1. The maximum Gasteiger partial charge on any atom is 0.406 e. The standard InChI is InChI=1S/C12H17F3N2O4/c1-8-6-21-5-4-17(8)10(20)16-3-2-11(7-16,9(18)19)12(13,14)15/h8H,2-7H2,1H3,(H,18,19). The van der Waals surface area contributed by atoms with Gasteiger partial charge in [0.1, 0.15) is 0 Å². The number of hydrogen-bond donors (Lipinski definition) is 1. The first-order valence-electron chi connectivity index (χ1n) is 6.62. The van der Waals surface area contributed by atoms with Crippen LogP contribution < -0.4 is 0 Å². The zero-order valence-corrected chi connectivity index (χ0v) is 11.5. The molecular weight excluding hydrogens is 293 g/mol. The topological polar surface area (TPSA) is 70.1 Å². The summed E-state index contributed by atoms with van der Waals surface area (Å²) in [6, 6.07) is -0.796. The number of halogens is 3. The van der Waals surface area contributed by atoms with Crippen molar-refractivity contribution in [2.24, 2.45) is 5.41 Å². The minimum Gasteiger partial charge on any atom is -0.481 e. The number of carboxylic acid groups (broad SMARTS) is 1. The number of nitrogens with zero attached hydrogens (tertiary/aromatic N) is 2. The minimum atomic E-state index is -4.88. The van der Waals surface area contributed by atoms with E-state index in [9.17, 15) is 22.8 Å². The molecule has 2 heterocycles. The molecule has 0 aromatic carbocycles. The van der Waals surface area contributed by atoms with Crippen molar-refractivity contribution < 1.29 is 32.6 Å². The summed E-state index contributed by atoms with van der Waals surface area (Å²) in [6.07, 6.45) is -5.50. The molecule has 2 saturated heterocycles. The van der Waals surface area contributed by atoms with Crippen LogP contribution in [-0.2, 0) is 9.53 Å². The second-order valence-electron chi connectivity index (χ2n) is 5.46. The molecule has 0 bridgehead atoms. The molecule has 2 amide bonds. The van der Waals surface area contributed by atoms with E-state index in [4.69, 9.17) is 9.84 Å². The van der Waals surface area contributed by atoms with Crippen molar-refractivity contribution in [3.05, 3.63) is 0 Å². The predicted octanol–water partition coefficient (Wildman–Crippen LogP) is 1.17. The van der Waals surface area contributed by atoms with Gasteiger partial charge in [0.25, 0.3) is 0 Å². The van der Waals surface area contributed by atoms with Crippen molar-refractivity contribution in [1.82, 2.24) is 9.80 Å². The number of alkyl halides is 3. The van der Waals surface area contributed by atoms with E-state index < -0.39 is 36.6 Å². The van der Waals surface area contributed by atoms with E-state index in [0.717, 1.165) is 4.90 Å². The van der Waals surface area contributed by atoms with Gasteiger partial charge in [-0.15, -0.1) is 0 Å². The van der Waals surface area contributed by atoms with E-state index in [0.29, 0.717) is 19.8 Å². The van der Waals surface area contributed by atoms with Crippen LogP contribution in [0.5, 0.6) is 0 Å². The van der Waals surface area contributed by atoms with E-state index in [1.807, 2.05) is 0 Å². The number of likely N-dealkylation sites (tertiary alicyclic amines) is 1. The van der Waals surface area contributed by atoms with Crippen LogP contribution in [0.4, 0.5) is 18.0 Å². The maximum atomic E-state index is 13.1. The molecular formula is C12H17F3N2O4. The molecule has 2 atom stereocenters. The second-order valence-corrected chi connectivity index (χ2v) is 5.46. The first-order chi connectivity index (χ1) is 9.69. The van der Waals surface area contributed by atoms with E-state index in [-0.39, 0.29) is 12.6 Å². The Labute approximate surface area is 119 Å². The van der Waals surface area contributed by atoms with E-state index in [1.165, 1.54) is 4.90 Å². The molecule has 2 aliphatic heterocycles. The number of morpholine rings is 1. The number of hydrogen-bond acceptors (Lipinski definition) is 3. The number of ether oxygens (including phenoxy) is 1. The molecule has 0 spiro atoms. The number of urea groups is 1. The highest BCUT2D eigenvalue weighted by Crippen LogP contribution is 2.45. The highest BCUT2D eigenvalue weighted by atomic mass is 19.4. The third kappa shape index (κ3) is 2.66. The molecule has 0 aromatic heterocycles. The molecule has 1 N–H and O–H groups in total. The van der Waals surface area contributed by atoms with Gasteiger partial charge in [-0.2, -0.15) is 13.2 Å². The van der Waals surface area contributed by atoms with Gasteiger partial charge in [-0.1, -0.05) is 0 Å². The minimum absolute atomic E-state index is 0.214. The summed E-state index contributed by atoms with van der Waals surface area (Å²) in [6.45, 7) is 1.63. The number of aliphatic carboxylic acids is 1. The van der Waals surface area contributed by atoms with Gasteiger partial charge in [-0.25, -0.2) is 4.79 Å². The van der Waals surface area contributed by atoms with Gasteiger partial charge in [-0.3, -0.25) is 4.79 Å². The quantitative estimate of drug-likeness (QED) is 0.789. The maximum absolute atomic E-state index is 13.1. The summed E-state index contributed by atoms with van der Waals surface area (Å²) in [5.74, 6) is -1.93. The lowest BCUT2D eigenvalue weighted by molar-refractivity contribution is -0.227. The summed E-state index contributed by atoms with van der Waals surface area (Å²) < 4.78 is 44.4. The van der Waals surface area contributed by atoms with Gasteiger partial charge in [0.05, 0.1) is 19.3 Å². The Morgan fingerprint density at radius 1 is 1.33 bits per heavy atom. The number of rotatable bonds is 1. The fourth-order valence-electron chi connectivity index (χ4n) is 2.69. The van der Waals surface area contributed by atoms with Crippen molar-refractivity contribution >= 4 is 12.0 Å². The Morgan fingerprint density at radius 2 is 2.00 bits per heavy atom. The van der Waals surface area contributed by atoms with Gasteiger partial charge < -0.3 is 19.6 Å². The van der Waals surface area contributed by atoms with Crippen molar-refractivity contribution in [3.63, 3.8) is 0 Å². The zero-order chi connectivity index (χ0) is 15.8. The Bertz CT molecular complexity index is 443. The highest BCUT2D eigenvalue weighted by Gasteiger charge is 2.64. The van der Waals surface area contributed by atoms with Gasteiger partial charge >= 0.3 is 18.2 Å². The van der Waals surface area contributed by atoms with E-state index in [2.05, 4.69) is 0 Å². The van der Waals surface area contributed by atoms with Crippen molar-refractivity contribution in [1.29, 1.82) is 0 Å². The summed E-state index contributed by atoms with van der Waals surface area (Å²) in [7, 11) is 0. The van der Waals surface area contributed by atoms with E-state index >= 15 is 0 Å². The molecule has 0 saturated carbocycles. The molecule has 0 aliphatic carbocycles. The summed E-state index contributed by atoms with van der Waals surface area (Å²) >= 11 is 0. The number of carboxylic acids is 1. The average molecular weight is 310 g/mol.